The van der Waals surface area contributed by atoms with Crippen LogP contribution in [0.4, 0.5) is 0 Å². The Morgan fingerprint density at radius 1 is 1.31 bits per heavy atom. The predicted octanol–water partition coefficient (Wildman–Crippen LogP) is 1.56. The second-order valence-electron chi connectivity index (χ2n) is 3.86. The van der Waals surface area contributed by atoms with E-state index in [1.165, 1.54) is 0 Å². The maximum Gasteiger partial charge on any atom is 0.253 e. The molecule has 0 radical (unpaired) electrons. The third-order valence-corrected chi connectivity index (χ3v) is 2.86. The summed E-state index contributed by atoms with van der Waals surface area (Å²) in [6.45, 7) is 2.43. The van der Waals surface area contributed by atoms with Crippen molar-refractivity contribution in [2.75, 3.05) is 0 Å². The molecule has 2 aromatic rings. The highest BCUT2D eigenvalue weighted by Crippen LogP contribution is 2.27. The molecule has 0 fully saturated rings. The van der Waals surface area contributed by atoms with Crippen LogP contribution in [0.2, 0.25) is 0 Å². The summed E-state index contributed by atoms with van der Waals surface area (Å²) >= 11 is 0. The van der Waals surface area contributed by atoms with E-state index in [2.05, 4.69) is 10.3 Å². The Bertz CT molecular complexity index is 571. The molecule has 1 aromatic carbocycles. The number of aromatic nitrogens is 2. The highest BCUT2D eigenvalue weighted by Gasteiger charge is 2.20. The topological polar surface area (TPSA) is 46.9 Å². The number of aryl methyl sites for hydroxylation is 1. The van der Waals surface area contributed by atoms with Gasteiger partial charge < -0.3 is 9.88 Å². The summed E-state index contributed by atoms with van der Waals surface area (Å²) in [6, 6.07) is 7.61. The van der Waals surface area contributed by atoms with Crippen LogP contribution in [0.15, 0.2) is 30.6 Å². The first kappa shape index (κ1) is 9.15. The van der Waals surface area contributed by atoms with Gasteiger partial charge >= 0.3 is 0 Å². The number of imidazole rings is 1. The van der Waals surface area contributed by atoms with Crippen molar-refractivity contribution < 1.29 is 4.79 Å². The van der Waals surface area contributed by atoms with Crippen LogP contribution in [0, 0.1) is 6.92 Å². The number of carbonyl (C=O) groups is 1. The van der Waals surface area contributed by atoms with Crippen LogP contribution in [0.1, 0.15) is 16.1 Å². The average molecular weight is 213 g/mol. The number of nitrogens with zero attached hydrogens (tertiary/aromatic N) is 2. The van der Waals surface area contributed by atoms with Gasteiger partial charge in [-0.2, -0.15) is 0 Å². The van der Waals surface area contributed by atoms with Gasteiger partial charge in [-0.3, -0.25) is 4.79 Å². The summed E-state index contributed by atoms with van der Waals surface area (Å²) in [5, 5.41) is 2.85. The number of fused-ring (bicyclic) bond motifs is 3. The van der Waals surface area contributed by atoms with Crippen LogP contribution in [-0.2, 0) is 6.67 Å². The zero-order valence-electron chi connectivity index (χ0n) is 8.90. The number of amides is 1. The van der Waals surface area contributed by atoms with Crippen LogP contribution in [0.25, 0.3) is 11.3 Å². The minimum Gasteiger partial charge on any atom is -0.334 e. The second kappa shape index (κ2) is 3.20. The van der Waals surface area contributed by atoms with E-state index in [9.17, 15) is 4.79 Å². The molecule has 4 nitrogen and oxygen atoms in total. The molecule has 0 spiro atoms. The minimum atomic E-state index is -0.0290. The van der Waals surface area contributed by atoms with Gasteiger partial charge in [0.1, 0.15) is 0 Å². The van der Waals surface area contributed by atoms with Gasteiger partial charge in [-0.05, 0) is 13.0 Å². The number of hydrogen-bond donors (Lipinski definition) is 1. The maximum atomic E-state index is 11.8. The second-order valence-corrected chi connectivity index (χ2v) is 3.86. The molecule has 0 aliphatic carbocycles. The Hall–Kier alpha value is -2.10. The Kier molecular flexibility index (Phi) is 1.83. The maximum absolute atomic E-state index is 11.8. The summed E-state index contributed by atoms with van der Waals surface area (Å²) in [4.78, 5) is 16.1. The van der Waals surface area contributed by atoms with Crippen LogP contribution in [0.3, 0.4) is 0 Å². The van der Waals surface area contributed by atoms with Gasteiger partial charge in [0.2, 0.25) is 0 Å². The van der Waals surface area contributed by atoms with Gasteiger partial charge in [-0.1, -0.05) is 18.2 Å². The van der Waals surface area contributed by atoms with Gasteiger partial charge in [0.15, 0.2) is 0 Å². The summed E-state index contributed by atoms with van der Waals surface area (Å²) < 4.78 is 1.96. The van der Waals surface area contributed by atoms with Crippen molar-refractivity contribution >= 4 is 5.91 Å². The van der Waals surface area contributed by atoms with Crippen LogP contribution in [-0.4, -0.2) is 15.5 Å². The molecular formula is C12H11N3O. The number of benzene rings is 1. The fourth-order valence-electron chi connectivity index (χ4n) is 2.09. The summed E-state index contributed by atoms with van der Waals surface area (Å²) in [5.41, 5.74) is 3.63. The normalized spacial score (nSPS) is 13.7. The van der Waals surface area contributed by atoms with E-state index >= 15 is 0 Å². The van der Waals surface area contributed by atoms with Gasteiger partial charge in [0.25, 0.3) is 5.91 Å². The molecule has 1 aliphatic rings. The molecule has 3 rings (SSSR count). The Labute approximate surface area is 92.9 Å². The number of carbonyl (C=O) groups excluding carboxylic acids is 1. The van der Waals surface area contributed by atoms with E-state index in [1.807, 2.05) is 35.8 Å². The van der Waals surface area contributed by atoms with Crippen molar-refractivity contribution in [2.24, 2.45) is 0 Å². The third-order valence-electron chi connectivity index (χ3n) is 2.86. The van der Waals surface area contributed by atoms with Crippen molar-refractivity contribution in [1.29, 1.82) is 0 Å². The molecule has 0 atom stereocenters. The van der Waals surface area contributed by atoms with E-state index in [-0.39, 0.29) is 5.91 Å². The quantitative estimate of drug-likeness (QED) is 0.721. The van der Waals surface area contributed by atoms with Gasteiger partial charge in [0.05, 0.1) is 24.4 Å². The molecule has 1 amide bonds. The average Bonchev–Trinajstić information content (AvgIpc) is 2.60. The van der Waals surface area contributed by atoms with E-state index < -0.39 is 0 Å². The van der Waals surface area contributed by atoms with E-state index in [1.54, 1.807) is 6.33 Å². The summed E-state index contributed by atoms with van der Waals surface area (Å²) in [7, 11) is 0. The lowest BCUT2D eigenvalue weighted by Gasteiger charge is -2.05. The minimum absolute atomic E-state index is 0.0290. The highest BCUT2D eigenvalue weighted by molar-refractivity contribution is 6.01. The molecule has 2 heterocycles. The van der Waals surface area contributed by atoms with Crippen LogP contribution < -0.4 is 5.32 Å². The number of nitrogens with one attached hydrogen (secondary N) is 1. The molecule has 80 valence electrons. The first-order valence-corrected chi connectivity index (χ1v) is 5.16. The summed E-state index contributed by atoms with van der Waals surface area (Å²) in [6.07, 6.45) is 1.76. The van der Waals surface area contributed by atoms with Crippen LogP contribution in [0.5, 0.6) is 0 Å². The van der Waals surface area contributed by atoms with Crippen molar-refractivity contribution in [3.05, 3.63) is 41.9 Å². The zero-order valence-corrected chi connectivity index (χ0v) is 8.90. The molecule has 0 saturated carbocycles. The SMILES string of the molecule is Cc1ncn2c1-c1ccccc1C(=O)NC2. The molecule has 4 heteroatoms. The van der Waals surface area contributed by atoms with Gasteiger partial charge in [0, 0.05) is 11.1 Å². The lowest BCUT2D eigenvalue weighted by atomic mass is 10.0. The first-order chi connectivity index (χ1) is 7.77. The third kappa shape index (κ3) is 1.16. The highest BCUT2D eigenvalue weighted by atomic mass is 16.1. The fourth-order valence-corrected chi connectivity index (χ4v) is 2.09. The van der Waals surface area contributed by atoms with Crippen LogP contribution >= 0.6 is 0 Å². The summed E-state index contributed by atoms with van der Waals surface area (Å²) in [5.74, 6) is -0.0290. The molecular weight excluding hydrogens is 202 g/mol. The van der Waals surface area contributed by atoms with E-state index in [0.717, 1.165) is 17.0 Å². The van der Waals surface area contributed by atoms with E-state index in [0.29, 0.717) is 12.2 Å². The lowest BCUT2D eigenvalue weighted by Crippen LogP contribution is -2.23. The van der Waals surface area contributed by atoms with E-state index in [4.69, 9.17) is 0 Å². The Morgan fingerprint density at radius 2 is 2.06 bits per heavy atom. The Morgan fingerprint density at radius 3 is 2.88 bits per heavy atom. The first-order valence-electron chi connectivity index (χ1n) is 5.16. The molecule has 0 saturated heterocycles. The predicted molar refractivity (Wildman–Crippen MR) is 59.9 cm³/mol. The van der Waals surface area contributed by atoms with Crippen molar-refractivity contribution in [3.8, 4) is 11.3 Å². The van der Waals surface area contributed by atoms with Gasteiger partial charge in [-0.25, -0.2) is 4.98 Å². The molecule has 1 aliphatic heterocycles. The monoisotopic (exact) mass is 213 g/mol. The Balaban J connectivity index is 2.35. The molecule has 1 N–H and O–H groups in total. The molecule has 1 aromatic heterocycles. The molecule has 0 unspecified atom stereocenters. The van der Waals surface area contributed by atoms with Crippen molar-refractivity contribution in [2.45, 2.75) is 13.6 Å². The number of rotatable bonds is 0. The fraction of sp³-hybridized carbons (Fsp3) is 0.167. The number of hydrogen-bond acceptors (Lipinski definition) is 2. The van der Waals surface area contributed by atoms with Crippen molar-refractivity contribution in [1.82, 2.24) is 14.9 Å². The van der Waals surface area contributed by atoms with Gasteiger partial charge in [-0.15, -0.1) is 0 Å². The molecule has 0 bridgehead atoms. The molecule has 16 heavy (non-hydrogen) atoms. The van der Waals surface area contributed by atoms with Crippen molar-refractivity contribution in [3.63, 3.8) is 0 Å². The largest absolute Gasteiger partial charge is 0.334 e. The standard InChI is InChI=1S/C12H11N3O/c1-8-11-9-4-2-3-5-10(9)12(16)14-7-15(11)6-13-8/h2-6H,7H2,1H3,(H,14,16). The lowest BCUT2D eigenvalue weighted by molar-refractivity contribution is 0.0945. The zero-order chi connectivity index (χ0) is 11.1. The smallest absolute Gasteiger partial charge is 0.253 e.